The zero-order valence-corrected chi connectivity index (χ0v) is 18.1. The molecule has 3 aromatic rings. The third kappa shape index (κ3) is 3.22. The van der Waals surface area contributed by atoms with Crippen molar-refractivity contribution < 1.29 is 0 Å². The van der Waals surface area contributed by atoms with E-state index in [9.17, 15) is 0 Å². The number of halogens is 1. The molecule has 0 amide bonds. The normalized spacial score (nSPS) is 18.0. The Kier molecular flexibility index (Phi) is 4.68. The molecular formula is C23H25ClN6. The van der Waals surface area contributed by atoms with E-state index in [0.29, 0.717) is 0 Å². The highest BCUT2D eigenvalue weighted by Gasteiger charge is 2.32. The summed E-state index contributed by atoms with van der Waals surface area (Å²) in [5.74, 6) is 0. The van der Waals surface area contributed by atoms with Crippen molar-refractivity contribution in [1.29, 1.82) is 0 Å². The Hall–Kier alpha value is -2.96. The van der Waals surface area contributed by atoms with Gasteiger partial charge in [-0.25, -0.2) is 0 Å². The number of hydrazine groups is 2. The van der Waals surface area contributed by atoms with Crippen LogP contribution in [0.15, 0.2) is 60.6 Å². The highest BCUT2D eigenvalue weighted by Crippen LogP contribution is 2.41. The fourth-order valence-corrected chi connectivity index (χ4v) is 4.58. The number of rotatable bonds is 3. The van der Waals surface area contributed by atoms with Crippen LogP contribution in [0.2, 0.25) is 5.02 Å². The Morgan fingerprint density at radius 3 is 2.67 bits per heavy atom. The zero-order chi connectivity index (χ0) is 20.8. The minimum Gasteiger partial charge on any atom is -0.367 e. The molecule has 2 aromatic carbocycles. The second-order valence-corrected chi connectivity index (χ2v) is 8.39. The maximum Gasteiger partial charge on any atom is 0.0814 e. The van der Waals surface area contributed by atoms with Crippen LogP contribution in [0.3, 0.4) is 0 Å². The molecule has 5 rings (SSSR count). The molecular weight excluding hydrogens is 396 g/mol. The Balaban J connectivity index is 1.64. The summed E-state index contributed by atoms with van der Waals surface area (Å²) in [6, 6.07) is 15.1. The predicted molar refractivity (Wildman–Crippen MR) is 121 cm³/mol. The molecule has 0 fully saturated rings. The van der Waals surface area contributed by atoms with Gasteiger partial charge in [0.1, 0.15) is 0 Å². The molecule has 0 aliphatic carbocycles. The third-order valence-corrected chi connectivity index (χ3v) is 6.29. The summed E-state index contributed by atoms with van der Waals surface area (Å²) in [6.07, 6.45) is 4.96. The molecule has 1 atom stereocenters. The topological polar surface area (TPSA) is 48.4 Å². The number of allylic oxidation sites excluding steroid dienone is 1. The second-order valence-electron chi connectivity index (χ2n) is 7.96. The number of hydrogen-bond donors (Lipinski definition) is 2. The van der Waals surface area contributed by atoms with E-state index in [1.54, 1.807) is 0 Å². The molecule has 6 nitrogen and oxygen atoms in total. The summed E-state index contributed by atoms with van der Waals surface area (Å²) in [5.41, 5.74) is 15.0. The predicted octanol–water partition coefficient (Wildman–Crippen LogP) is 4.34. The van der Waals surface area contributed by atoms with E-state index in [2.05, 4.69) is 76.5 Å². The molecule has 2 aliphatic heterocycles. The van der Waals surface area contributed by atoms with Gasteiger partial charge >= 0.3 is 0 Å². The number of hydrogen-bond acceptors (Lipinski definition) is 5. The van der Waals surface area contributed by atoms with Gasteiger partial charge in [-0.05, 0) is 54.8 Å². The summed E-state index contributed by atoms with van der Waals surface area (Å²) in [7, 11) is 4.11. The van der Waals surface area contributed by atoms with Crippen molar-refractivity contribution in [3.8, 4) is 11.1 Å². The maximum absolute atomic E-state index is 6.13. The van der Waals surface area contributed by atoms with Gasteiger partial charge in [0.05, 0.1) is 23.6 Å². The first kappa shape index (κ1) is 19.0. The average Bonchev–Trinajstić information content (AvgIpc) is 3.29. The molecule has 0 saturated heterocycles. The molecule has 7 heteroatoms. The molecule has 1 unspecified atom stereocenters. The summed E-state index contributed by atoms with van der Waals surface area (Å²) >= 11 is 6.13. The second kappa shape index (κ2) is 7.38. The number of aromatic nitrogens is 2. The van der Waals surface area contributed by atoms with Crippen molar-refractivity contribution in [2.45, 2.75) is 19.4 Å². The van der Waals surface area contributed by atoms with Crippen molar-refractivity contribution in [3.63, 3.8) is 0 Å². The highest BCUT2D eigenvalue weighted by atomic mass is 35.5. The minimum absolute atomic E-state index is 0.227. The van der Waals surface area contributed by atoms with E-state index in [0.717, 1.165) is 34.9 Å². The molecule has 1 aromatic heterocycles. The first-order valence-electron chi connectivity index (χ1n) is 10.1. The minimum atomic E-state index is 0.227. The quantitative estimate of drug-likeness (QED) is 0.660. The standard InChI is InChI=1S/C23H25ClN6/c1-15-23-20-9-4-16(17-13-25-28(2)14-17)12-21(20)22(10-11-30(23)27-26-15)29(3)19-7-5-18(24)6-8-19/h4-9,12-14,22,26-27H,10-11H2,1-3H3. The van der Waals surface area contributed by atoms with E-state index in [4.69, 9.17) is 11.6 Å². The first-order valence-corrected chi connectivity index (χ1v) is 10.5. The van der Waals surface area contributed by atoms with Crippen molar-refractivity contribution in [1.82, 2.24) is 25.7 Å². The summed E-state index contributed by atoms with van der Waals surface area (Å²) in [6.45, 7) is 3.02. The van der Waals surface area contributed by atoms with Crippen LogP contribution in [0, 0.1) is 0 Å². The lowest BCUT2D eigenvalue weighted by atomic mass is 9.92. The van der Waals surface area contributed by atoms with E-state index in [1.165, 1.54) is 22.4 Å². The maximum atomic E-state index is 6.13. The van der Waals surface area contributed by atoms with Gasteiger partial charge in [-0.3, -0.25) is 9.69 Å². The van der Waals surface area contributed by atoms with Gasteiger partial charge in [-0.1, -0.05) is 23.7 Å². The molecule has 2 aliphatic rings. The fourth-order valence-electron chi connectivity index (χ4n) is 4.45. The Morgan fingerprint density at radius 2 is 1.93 bits per heavy atom. The molecule has 0 saturated carbocycles. The molecule has 0 radical (unpaired) electrons. The molecule has 0 bridgehead atoms. The SMILES string of the molecule is CC1=C2c3ccc(-c4cnn(C)c4)cc3C(N(C)c3ccc(Cl)cc3)CCN2NN1. The molecule has 30 heavy (non-hydrogen) atoms. The van der Waals surface area contributed by atoms with E-state index >= 15 is 0 Å². The smallest absolute Gasteiger partial charge is 0.0814 e. The summed E-state index contributed by atoms with van der Waals surface area (Å²) in [4.78, 5) is 2.35. The van der Waals surface area contributed by atoms with Crippen LogP contribution in [0.5, 0.6) is 0 Å². The van der Waals surface area contributed by atoms with Gasteiger partial charge in [-0.15, -0.1) is 5.53 Å². The summed E-state index contributed by atoms with van der Waals surface area (Å²) < 4.78 is 1.84. The largest absolute Gasteiger partial charge is 0.367 e. The van der Waals surface area contributed by atoms with Gasteiger partial charge in [-0.2, -0.15) is 5.10 Å². The van der Waals surface area contributed by atoms with Gasteiger partial charge in [0.25, 0.3) is 0 Å². The Bertz CT molecular complexity index is 1120. The van der Waals surface area contributed by atoms with Crippen LogP contribution in [0.25, 0.3) is 16.8 Å². The zero-order valence-electron chi connectivity index (χ0n) is 17.4. The number of fused-ring (bicyclic) bond motifs is 3. The van der Waals surface area contributed by atoms with Crippen LogP contribution >= 0.6 is 11.6 Å². The first-order chi connectivity index (χ1) is 14.5. The molecule has 2 N–H and O–H groups in total. The number of nitrogens with zero attached hydrogens (tertiary/aromatic N) is 4. The molecule has 3 heterocycles. The van der Waals surface area contributed by atoms with E-state index < -0.39 is 0 Å². The van der Waals surface area contributed by atoms with E-state index in [-0.39, 0.29) is 6.04 Å². The van der Waals surface area contributed by atoms with Crippen LogP contribution in [0.1, 0.15) is 30.5 Å². The Labute approximate surface area is 181 Å². The van der Waals surface area contributed by atoms with Gasteiger partial charge < -0.3 is 10.3 Å². The van der Waals surface area contributed by atoms with Crippen LogP contribution in [0.4, 0.5) is 5.69 Å². The van der Waals surface area contributed by atoms with Gasteiger partial charge in [0, 0.05) is 48.7 Å². The van der Waals surface area contributed by atoms with Crippen LogP contribution < -0.4 is 15.9 Å². The van der Waals surface area contributed by atoms with Crippen molar-refractivity contribution in [2.75, 3.05) is 18.5 Å². The van der Waals surface area contributed by atoms with Crippen molar-refractivity contribution in [2.24, 2.45) is 7.05 Å². The van der Waals surface area contributed by atoms with Gasteiger partial charge in [0.2, 0.25) is 0 Å². The number of nitrogens with one attached hydrogen (secondary N) is 2. The molecule has 0 spiro atoms. The average molecular weight is 421 g/mol. The lowest BCUT2D eigenvalue weighted by molar-refractivity contribution is 0.278. The Morgan fingerprint density at radius 1 is 1.13 bits per heavy atom. The monoisotopic (exact) mass is 420 g/mol. The lowest BCUT2D eigenvalue weighted by Crippen LogP contribution is -2.38. The molecule has 154 valence electrons. The fraction of sp³-hybridized carbons (Fsp3) is 0.261. The number of aryl methyl sites for hydroxylation is 1. The van der Waals surface area contributed by atoms with Crippen molar-refractivity contribution >= 4 is 23.0 Å². The van der Waals surface area contributed by atoms with Crippen LogP contribution in [-0.2, 0) is 7.05 Å². The summed E-state index contributed by atoms with van der Waals surface area (Å²) in [5, 5.41) is 7.32. The van der Waals surface area contributed by atoms with Crippen molar-refractivity contribution in [3.05, 3.63) is 76.7 Å². The van der Waals surface area contributed by atoms with E-state index in [1.807, 2.05) is 30.1 Å². The number of anilines is 1. The van der Waals surface area contributed by atoms with Crippen LogP contribution in [-0.4, -0.2) is 28.4 Å². The van der Waals surface area contributed by atoms with Gasteiger partial charge in [0.15, 0.2) is 0 Å². The highest BCUT2D eigenvalue weighted by molar-refractivity contribution is 6.30. The number of benzene rings is 2. The third-order valence-electron chi connectivity index (χ3n) is 6.03. The lowest BCUT2D eigenvalue weighted by Gasteiger charge is -2.31.